The molecule has 1 aliphatic heterocycles. The van der Waals surface area contributed by atoms with E-state index in [1.165, 1.54) is 12.0 Å². The number of carboxylic acid groups (broad SMARTS) is 1. The van der Waals surface area contributed by atoms with Gasteiger partial charge in [-0.2, -0.15) is 0 Å². The van der Waals surface area contributed by atoms with Gasteiger partial charge in [-0.15, -0.1) is 0 Å². The van der Waals surface area contributed by atoms with Gasteiger partial charge < -0.3 is 14.7 Å². The second kappa shape index (κ2) is 4.41. The third-order valence-electron chi connectivity index (χ3n) is 2.52. The number of amides is 1. The summed E-state index contributed by atoms with van der Waals surface area (Å²) >= 11 is 0. The standard InChI is InChI=1S/C9H15NO4/c1-6(14-2)8(11)10-5-3-4-7(10)9(12)13/h6-7H,3-5H2,1-2H3,(H,12,13)/t6?,7-/m1/s1. The van der Waals surface area contributed by atoms with Crippen molar-refractivity contribution in [1.29, 1.82) is 0 Å². The monoisotopic (exact) mass is 201 g/mol. The zero-order chi connectivity index (χ0) is 10.7. The van der Waals surface area contributed by atoms with Crippen LogP contribution in [0, 0.1) is 0 Å². The Bertz CT molecular complexity index is 241. The predicted molar refractivity (Wildman–Crippen MR) is 48.8 cm³/mol. The molecule has 2 atom stereocenters. The minimum atomic E-state index is -0.931. The first-order chi connectivity index (χ1) is 6.57. The summed E-state index contributed by atoms with van der Waals surface area (Å²) in [5.74, 6) is -1.17. The maximum Gasteiger partial charge on any atom is 0.326 e. The van der Waals surface area contributed by atoms with E-state index in [1.54, 1.807) is 6.92 Å². The van der Waals surface area contributed by atoms with E-state index in [0.717, 1.165) is 6.42 Å². The third kappa shape index (κ3) is 2.04. The largest absolute Gasteiger partial charge is 0.480 e. The number of methoxy groups -OCH3 is 1. The van der Waals surface area contributed by atoms with E-state index >= 15 is 0 Å². The fourth-order valence-corrected chi connectivity index (χ4v) is 1.62. The summed E-state index contributed by atoms with van der Waals surface area (Å²) in [5.41, 5.74) is 0. The van der Waals surface area contributed by atoms with Gasteiger partial charge in [0.2, 0.25) is 0 Å². The summed E-state index contributed by atoms with van der Waals surface area (Å²) in [7, 11) is 1.44. The van der Waals surface area contributed by atoms with Gasteiger partial charge in [-0.05, 0) is 19.8 Å². The van der Waals surface area contributed by atoms with Gasteiger partial charge in [-0.3, -0.25) is 4.79 Å². The van der Waals surface area contributed by atoms with E-state index in [0.29, 0.717) is 13.0 Å². The van der Waals surface area contributed by atoms with E-state index < -0.39 is 18.1 Å². The summed E-state index contributed by atoms with van der Waals surface area (Å²) in [6.07, 6.45) is 0.728. The molecule has 5 heteroatoms. The van der Waals surface area contributed by atoms with Crippen molar-refractivity contribution in [1.82, 2.24) is 4.90 Å². The predicted octanol–water partition coefficient (Wildman–Crippen LogP) is 0.0969. The smallest absolute Gasteiger partial charge is 0.326 e. The number of rotatable bonds is 3. The zero-order valence-electron chi connectivity index (χ0n) is 8.40. The fourth-order valence-electron chi connectivity index (χ4n) is 1.62. The maximum absolute atomic E-state index is 11.6. The second-order valence-corrected chi connectivity index (χ2v) is 3.41. The van der Waals surface area contributed by atoms with Crippen molar-refractivity contribution in [3.63, 3.8) is 0 Å². The van der Waals surface area contributed by atoms with E-state index in [2.05, 4.69) is 0 Å². The fraction of sp³-hybridized carbons (Fsp3) is 0.778. The zero-order valence-corrected chi connectivity index (χ0v) is 8.40. The first kappa shape index (κ1) is 11.0. The molecule has 1 amide bonds. The highest BCUT2D eigenvalue weighted by Gasteiger charge is 2.35. The molecular formula is C9H15NO4. The molecule has 0 aromatic rings. The minimum Gasteiger partial charge on any atom is -0.480 e. The molecule has 0 saturated carbocycles. The van der Waals surface area contributed by atoms with E-state index in [-0.39, 0.29) is 5.91 Å². The molecule has 0 aliphatic carbocycles. The highest BCUT2D eigenvalue weighted by Crippen LogP contribution is 2.18. The van der Waals surface area contributed by atoms with Gasteiger partial charge in [-0.1, -0.05) is 0 Å². The highest BCUT2D eigenvalue weighted by atomic mass is 16.5. The number of hydrogen-bond acceptors (Lipinski definition) is 3. The Labute approximate surface area is 82.6 Å². The lowest BCUT2D eigenvalue weighted by Crippen LogP contribution is -2.45. The average Bonchev–Trinajstić information content (AvgIpc) is 2.63. The van der Waals surface area contributed by atoms with Crippen LogP contribution in [0.25, 0.3) is 0 Å². The van der Waals surface area contributed by atoms with Crippen molar-refractivity contribution in [2.45, 2.75) is 31.9 Å². The first-order valence-electron chi connectivity index (χ1n) is 4.64. The van der Waals surface area contributed by atoms with Crippen molar-refractivity contribution in [2.75, 3.05) is 13.7 Å². The molecule has 0 spiro atoms. The molecule has 0 radical (unpaired) electrons. The summed E-state index contributed by atoms with van der Waals surface area (Å²) in [4.78, 5) is 23.8. The topological polar surface area (TPSA) is 66.8 Å². The summed E-state index contributed by atoms with van der Waals surface area (Å²) in [6.45, 7) is 2.14. The average molecular weight is 201 g/mol. The minimum absolute atomic E-state index is 0.239. The van der Waals surface area contributed by atoms with Crippen LogP contribution in [0.15, 0.2) is 0 Å². The molecule has 0 aromatic carbocycles. The quantitative estimate of drug-likeness (QED) is 0.703. The molecular weight excluding hydrogens is 186 g/mol. The van der Waals surface area contributed by atoms with Crippen molar-refractivity contribution in [2.24, 2.45) is 0 Å². The van der Waals surface area contributed by atoms with Gasteiger partial charge in [0.15, 0.2) is 0 Å². The molecule has 1 rings (SSSR count). The normalized spacial score (nSPS) is 23.6. The lowest BCUT2D eigenvalue weighted by atomic mass is 10.2. The maximum atomic E-state index is 11.6. The molecule has 1 heterocycles. The summed E-state index contributed by atoms with van der Waals surface area (Å²) < 4.78 is 4.87. The third-order valence-corrected chi connectivity index (χ3v) is 2.52. The van der Waals surface area contributed by atoms with Crippen molar-refractivity contribution in [3.05, 3.63) is 0 Å². The Morgan fingerprint density at radius 2 is 2.21 bits per heavy atom. The van der Waals surface area contributed by atoms with Gasteiger partial charge in [0.05, 0.1) is 0 Å². The molecule has 0 aromatic heterocycles. The molecule has 1 aliphatic rings. The van der Waals surface area contributed by atoms with Crippen LogP contribution in [0.1, 0.15) is 19.8 Å². The van der Waals surface area contributed by atoms with E-state index in [9.17, 15) is 9.59 Å². The van der Waals surface area contributed by atoms with Gasteiger partial charge in [-0.25, -0.2) is 4.79 Å². The molecule has 5 nitrogen and oxygen atoms in total. The van der Waals surface area contributed by atoms with Crippen LogP contribution in [0.2, 0.25) is 0 Å². The van der Waals surface area contributed by atoms with Gasteiger partial charge in [0.1, 0.15) is 12.1 Å². The SMILES string of the molecule is COC(C)C(=O)N1CCC[C@@H]1C(=O)O. The molecule has 1 saturated heterocycles. The van der Waals surface area contributed by atoms with Crippen LogP contribution in [0.3, 0.4) is 0 Å². The Morgan fingerprint density at radius 3 is 2.71 bits per heavy atom. The Hall–Kier alpha value is -1.10. The number of carbonyl (C=O) groups excluding carboxylic acids is 1. The highest BCUT2D eigenvalue weighted by molar-refractivity contribution is 5.86. The summed E-state index contributed by atoms with van der Waals surface area (Å²) in [5, 5.41) is 8.85. The Kier molecular flexibility index (Phi) is 3.46. The Balaban J connectivity index is 2.67. The molecule has 14 heavy (non-hydrogen) atoms. The first-order valence-corrected chi connectivity index (χ1v) is 4.64. The van der Waals surface area contributed by atoms with Crippen LogP contribution in [-0.4, -0.2) is 47.7 Å². The Morgan fingerprint density at radius 1 is 1.57 bits per heavy atom. The van der Waals surface area contributed by atoms with Crippen molar-refractivity contribution in [3.8, 4) is 0 Å². The number of carbonyl (C=O) groups is 2. The second-order valence-electron chi connectivity index (χ2n) is 3.41. The number of nitrogens with zero attached hydrogens (tertiary/aromatic N) is 1. The molecule has 0 bridgehead atoms. The van der Waals surface area contributed by atoms with Crippen LogP contribution >= 0.6 is 0 Å². The molecule has 80 valence electrons. The van der Waals surface area contributed by atoms with Crippen molar-refractivity contribution >= 4 is 11.9 Å². The van der Waals surface area contributed by atoms with Crippen molar-refractivity contribution < 1.29 is 19.4 Å². The lowest BCUT2D eigenvalue weighted by molar-refractivity contribution is -0.152. The number of aliphatic carboxylic acids is 1. The van der Waals surface area contributed by atoms with Crippen LogP contribution in [0.4, 0.5) is 0 Å². The number of likely N-dealkylation sites (tertiary alicyclic amines) is 1. The number of carboxylic acids is 1. The number of hydrogen-bond donors (Lipinski definition) is 1. The van der Waals surface area contributed by atoms with Gasteiger partial charge in [0, 0.05) is 13.7 Å². The molecule has 1 unspecified atom stereocenters. The van der Waals surface area contributed by atoms with E-state index in [1.807, 2.05) is 0 Å². The molecule has 1 fully saturated rings. The van der Waals surface area contributed by atoms with Crippen LogP contribution in [0.5, 0.6) is 0 Å². The van der Waals surface area contributed by atoms with Gasteiger partial charge >= 0.3 is 5.97 Å². The molecule has 1 N–H and O–H groups in total. The lowest BCUT2D eigenvalue weighted by Gasteiger charge is -2.23. The van der Waals surface area contributed by atoms with E-state index in [4.69, 9.17) is 9.84 Å². The summed E-state index contributed by atoms with van der Waals surface area (Å²) in [6, 6.07) is -0.667. The van der Waals surface area contributed by atoms with Gasteiger partial charge in [0.25, 0.3) is 5.91 Å². The van der Waals surface area contributed by atoms with Crippen LogP contribution < -0.4 is 0 Å². The number of ether oxygens (including phenoxy) is 1. The van der Waals surface area contributed by atoms with Crippen LogP contribution in [-0.2, 0) is 14.3 Å².